The number of fused-ring (bicyclic) bond motifs is 1. The zero-order valence-electron chi connectivity index (χ0n) is 15.0. The number of carbonyl (C=O) groups excluding carboxylic acids is 1. The lowest BCUT2D eigenvalue weighted by Crippen LogP contribution is -2.42. The zero-order valence-corrected chi connectivity index (χ0v) is 15.8. The monoisotopic (exact) mass is 371 g/mol. The Bertz CT molecular complexity index is 1050. The molecule has 1 amide bonds. The van der Waals surface area contributed by atoms with Crippen molar-refractivity contribution in [3.05, 3.63) is 67.5 Å². The van der Waals surface area contributed by atoms with Gasteiger partial charge in [-0.05, 0) is 37.4 Å². The van der Waals surface area contributed by atoms with Crippen molar-refractivity contribution in [3.63, 3.8) is 0 Å². The minimum atomic E-state index is -0.457. The summed E-state index contributed by atoms with van der Waals surface area (Å²) in [5.41, 5.74) is -0.295. The summed E-state index contributed by atoms with van der Waals surface area (Å²) in [6, 6.07) is 10.8. The van der Waals surface area contributed by atoms with E-state index in [1.54, 1.807) is 54.5 Å². The van der Waals surface area contributed by atoms with Crippen LogP contribution in [0.4, 0.5) is 0 Å². The van der Waals surface area contributed by atoms with Gasteiger partial charge in [0.25, 0.3) is 5.56 Å². The van der Waals surface area contributed by atoms with E-state index in [-0.39, 0.29) is 30.6 Å². The maximum atomic E-state index is 12.8. The van der Waals surface area contributed by atoms with Gasteiger partial charge in [0.1, 0.15) is 6.54 Å². The lowest BCUT2D eigenvalue weighted by molar-refractivity contribution is -0.132. The molecule has 0 saturated carbocycles. The number of thiophene rings is 1. The van der Waals surface area contributed by atoms with Crippen LogP contribution in [0.3, 0.4) is 0 Å². The van der Waals surface area contributed by atoms with E-state index in [0.29, 0.717) is 10.9 Å². The van der Waals surface area contributed by atoms with Crippen LogP contribution in [0.2, 0.25) is 0 Å². The Morgan fingerprint density at radius 1 is 1.15 bits per heavy atom. The number of carbonyl (C=O) groups is 1. The Hall–Kier alpha value is -2.67. The second-order valence-electron chi connectivity index (χ2n) is 6.13. The van der Waals surface area contributed by atoms with Crippen LogP contribution < -0.4 is 11.2 Å². The molecule has 2 aromatic heterocycles. The summed E-state index contributed by atoms with van der Waals surface area (Å²) in [5.74, 6) is -0.181. The van der Waals surface area contributed by atoms with Crippen molar-refractivity contribution in [1.29, 1.82) is 0 Å². The van der Waals surface area contributed by atoms with Crippen molar-refractivity contribution in [2.75, 3.05) is 7.05 Å². The predicted molar refractivity (Wildman–Crippen MR) is 104 cm³/mol. The van der Waals surface area contributed by atoms with Gasteiger partial charge in [-0.15, -0.1) is 11.3 Å². The number of rotatable bonds is 5. The molecule has 0 aliphatic carbocycles. The number of para-hydroxylation sites is 1. The largest absolute Gasteiger partial charge is 0.337 e. The van der Waals surface area contributed by atoms with Crippen LogP contribution in [0.15, 0.2) is 51.4 Å². The maximum Gasteiger partial charge on any atom is 0.331 e. The first-order valence-corrected chi connectivity index (χ1v) is 9.35. The van der Waals surface area contributed by atoms with Crippen molar-refractivity contribution in [3.8, 4) is 0 Å². The highest BCUT2D eigenvalue weighted by atomic mass is 32.1. The van der Waals surface area contributed by atoms with Crippen LogP contribution in [0.1, 0.15) is 24.8 Å². The molecule has 1 atom stereocenters. The summed E-state index contributed by atoms with van der Waals surface area (Å²) in [4.78, 5) is 40.7. The van der Waals surface area contributed by atoms with E-state index in [2.05, 4.69) is 0 Å². The first-order valence-electron chi connectivity index (χ1n) is 8.47. The average Bonchev–Trinajstić information content (AvgIpc) is 3.19. The highest BCUT2D eigenvalue weighted by Crippen LogP contribution is 2.23. The fourth-order valence-corrected chi connectivity index (χ4v) is 3.81. The molecule has 7 heteroatoms. The SMILES string of the molecule is CCn1c(=O)c2ccccc2n(CC(=O)N(C)[C@@H](C)c2cccs2)c1=O. The molecular weight excluding hydrogens is 350 g/mol. The van der Waals surface area contributed by atoms with Crippen LogP contribution in [-0.4, -0.2) is 27.0 Å². The molecule has 3 aromatic rings. The zero-order chi connectivity index (χ0) is 18.8. The second-order valence-corrected chi connectivity index (χ2v) is 7.11. The maximum absolute atomic E-state index is 12.8. The van der Waals surface area contributed by atoms with Gasteiger partial charge in [-0.3, -0.25) is 18.7 Å². The number of aromatic nitrogens is 2. The van der Waals surface area contributed by atoms with E-state index in [0.717, 1.165) is 9.44 Å². The quantitative estimate of drug-likeness (QED) is 0.692. The molecule has 0 fully saturated rings. The Kier molecular flexibility index (Phi) is 5.08. The third kappa shape index (κ3) is 3.10. The number of hydrogen-bond acceptors (Lipinski definition) is 4. The van der Waals surface area contributed by atoms with Gasteiger partial charge in [-0.1, -0.05) is 18.2 Å². The minimum Gasteiger partial charge on any atom is -0.337 e. The predicted octanol–water partition coefficient (Wildman–Crippen LogP) is 2.46. The van der Waals surface area contributed by atoms with Crippen molar-refractivity contribution in [2.24, 2.45) is 0 Å². The summed E-state index contributed by atoms with van der Waals surface area (Å²) in [6.45, 7) is 3.86. The second kappa shape index (κ2) is 7.29. The molecule has 2 heterocycles. The molecule has 0 bridgehead atoms. The lowest BCUT2D eigenvalue weighted by atomic mass is 10.2. The smallest absolute Gasteiger partial charge is 0.331 e. The molecule has 1 aromatic carbocycles. The number of hydrogen-bond donors (Lipinski definition) is 0. The van der Waals surface area contributed by atoms with Crippen LogP contribution in [0.25, 0.3) is 10.9 Å². The third-order valence-corrected chi connectivity index (χ3v) is 5.71. The first kappa shape index (κ1) is 18.1. The van der Waals surface area contributed by atoms with Gasteiger partial charge in [-0.25, -0.2) is 4.79 Å². The summed E-state index contributed by atoms with van der Waals surface area (Å²) in [7, 11) is 1.73. The van der Waals surface area contributed by atoms with E-state index in [1.807, 2.05) is 24.4 Å². The van der Waals surface area contributed by atoms with Gasteiger partial charge in [0.05, 0.1) is 16.9 Å². The summed E-state index contributed by atoms with van der Waals surface area (Å²) < 4.78 is 2.55. The summed E-state index contributed by atoms with van der Waals surface area (Å²) >= 11 is 1.59. The highest BCUT2D eigenvalue weighted by molar-refractivity contribution is 7.10. The van der Waals surface area contributed by atoms with Crippen LogP contribution in [-0.2, 0) is 17.9 Å². The van der Waals surface area contributed by atoms with Gasteiger partial charge in [0, 0.05) is 18.5 Å². The van der Waals surface area contributed by atoms with Gasteiger partial charge in [0.15, 0.2) is 0 Å². The van der Waals surface area contributed by atoms with Crippen LogP contribution in [0.5, 0.6) is 0 Å². The Balaban J connectivity index is 2.02. The molecule has 136 valence electrons. The first-order chi connectivity index (χ1) is 12.5. The molecule has 0 aliphatic rings. The Morgan fingerprint density at radius 2 is 1.88 bits per heavy atom. The van der Waals surface area contributed by atoms with E-state index >= 15 is 0 Å². The molecule has 26 heavy (non-hydrogen) atoms. The van der Waals surface area contributed by atoms with Crippen molar-refractivity contribution in [2.45, 2.75) is 33.0 Å². The lowest BCUT2D eigenvalue weighted by Gasteiger charge is -2.25. The van der Waals surface area contributed by atoms with Crippen LogP contribution in [0, 0.1) is 0 Å². The van der Waals surface area contributed by atoms with Crippen molar-refractivity contribution in [1.82, 2.24) is 14.0 Å². The summed E-state index contributed by atoms with van der Waals surface area (Å²) in [5, 5.41) is 2.41. The minimum absolute atomic E-state index is 0.0819. The molecule has 0 saturated heterocycles. The molecule has 0 aliphatic heterocycles. The summed E-state index contributed by atoms with van der Waals surface area (Å²) in [6.07, 6.45) is 0. The average molecular weight is 371 g/mol. The van der Waals surface area contributed by atoms with Gasteiger partial charge in [0.2, 0.25) is 5.91 Å². The normalized spacial score (nSPS) is 12.3. The molecule has 0 unspecified atom stereocenters. The molecule has 0 spiro atoms. The fourth-order valence-electron chi connectivity index (χ4n) is 2.99. The van der Waals surface area contributed by atoms with Gasteiger partial charge < -0.3 is 4.90 Å². The van der Waals surface area contributed by atoms with Crippen molar-refractivity contribution < 1.29 is 4.79 Å². The standard InChI is InChI=1S/C19H21N3O3S/c1-4-21-18(24)14-8-5-6-9-15(14)22(19(21)25)12-17(23)20(3)13(2)16-10-7-11-26-16/h5-11,13H,4,12H2,1-3H3/t13-/m0/s1. The number of likely N-dealkylation sites (N-methyl/N-ethyl adjacent to an activating group) is 1. The third-order valence-electron chi connectivity index (χ3n) is 4.67. The molecule has 6 nitrogen and oxygen atoms in total. The fraction of sp³-hybridized carbons (Fsp3) is 0.316. The van der Waals surface area contributed by atoms with Crippen molar-refractivity contribution >= 4 is 28.1 Å². The topological polar surface area (TPSA) is 64.3 Å². The van der Waals surface area contributed by atoms with E-state index in [1.165, 1.54) is 4.57 Å². The molecule has 3 rings (SSSR count). The van der Waals surface area contributed by atoms with Crippen LogP contribution >= 0.6 is 11.3 Å². The Morgan fingerprint density at radius 3 is 2.54 bits per heavy atom. The molecule has 0 N–H and O–H groups in total. The molecule has 0 radical (unpaired) electrons. The van der Waals surface area contributed by atoms with Gasteiger partial charge >= 0.3 is 5.69 Å². The molecular formula is C19H21N3O3S. The number of amides is 1. The van der Waals surface area contributed by atoms with E-state index in [4.69, 9.17) is 0 Å². The Labute approximate surface area is 154 Å². The van der Waals surface area contributed by atoms with Gasteiger partial charge in [-0.2, -0.15) is 0 Å². The highest BCUT2D eigenvalue weighted by Gasteiger charge is 2.21. The van der Waals surface area contributed by atoms with E-state index < -0.39 is 5.69 Å². The number of nitrogens with zero attached hydrogens (tertiary/aromatic N) is 3. The van der Waals surface area contributed by atoms with E-state index in [9.17, 15) is 14.4 Å². The number of benzene rings is 1.